The predicted octanol–water partition coefficient (Wildman–Crippen LogP) is 0.801. The summed E-state index contributed by atoms with van der Waals surface area (Å²) in [6.45, 7) is 3.47. The van der Waals surface area contributed by atoms with Gasteiger partial charge in [0.05, 0.1) is 12.2 Å². The molecule has 0 radical (unpaired) electrons. The second kappa shape index (κ2) is 5.97. The maximum absolute atomic E-state index is 10.7. The van der Waals surface area contributed by atoms with E-state index in [0.717, 1.165) is 12.8 Å². The van der Waals surface area contributed by atoms with E-state index in [-0.39, 0.29) is 5.69 Å². The number of hydrogen-bond acceptors (Lipinski definition) is 4. The Kier molecular flexibility index (Phi) is 4.60. The fraction of sp³-hybridized carbons (Fsp3) is 0.364. The first-order valence-electron chi connectivity index (χ1n) is 5.02. The summed E-state index contributed by atoms with van der Waals surface area (Å²) in [6.07, 6.45) is 0.824. The van der Waals surface area contributed by atoms with E-state index in [9.17, 15) is 9.59 Å². The molecule has 0 saturated heterocycles. The zero-order valence-electron chi connectivity index (χ0n) is 9.09. The molecule has 0 unspecified atom stereocenters. The van der Waals surface area contributed by atoms with Gasteiger partial charge < -0.3 is 9.90 Å². The summed E-state index contributed by atoms with van der Waals surface area (Å²) < 4.78 is 0. The van der Waals surface area contributed by atoms with Gasteiger partial charge in [-0.3, -0.25) is 4.90 Å². The number of carbonyl (C=O) groups is 2. The number of nitrogens with zero attached hydrogens (tertiary/aromatic N) is 2. The number of rotatable bonds is 6. The zero-order chi connectivity index (χ0) is 12.0. The molecule has 0 atom stereocenters. The number of pyridine rings is 1. The number of carboxylic acid groups (broad SMARTS) is 1. The molecule has 5 nitrogen and oxygen atoms in total. The van der Waals surface area contributed by atoms with Gasteiger partial charge >= 0.3 is 5.97 Å². The molecule has 1 heterocycles. The molecule has 1 aromatic heterocycles. The number of hydrogen-bond donors (Lipinski definition) is 1. The largest absolute Gasteiger partial charge is 0.477 e. The molecule has 0 aliphatic carbocycles. The van der Waals surface area contributed by atoms with Gasteiger partial charge in [-0.25, -0.2) is 9.78 Å². The molecule has 0 bridgehead atoms. The molecule has 0 aromatic carbocycles. The predicted molar refractivity (Wildman–Crippen MR) is 58.2 cm³/mol. The fourth-order valence-corrected chi connectivity index (χ4v) is 1.33. The highest BCUT2D eigenvalue weighted by Gasteiger charge is 2.07. The molecule has 0 aliphatic rings. The third-order valence-electron chi connectivity index (χ3n) is 2.19. The normalized spacial score (nSPS) is 10.4. The van der Waals surface area contributed by atoms with Crippen molar-refractivity contribution in [3.05, 3.63) is 29.6 Å². The molecule has 1 aromatic rings. The van der Waals surface area contributed by atoms with E-state index in [2.05, 4.69) is 4.98 Å². The number of likely N-dealkylation sites (N-methyl/N-ethyl adjacent to an activating group) is 1. The monoisotopic (exact) mass is 222 g/mol. The van der Waals surface area contributed by atoms with E-state index < -0.39 is 5.97 Å². The summed E-state index contributed by atoms with van der Waals surface area (Å²) in [5, 5.41) is 8.77. The summed E-state index contributed by atoms with van der Waals surface area (Å²) in [4.78, 5) is 26.9. The average Bonchev–Trinajstić information content (AvgIpc) is 2.29. The van der Waals surface area contributed by atoms with E-state index in [1.54, 1.807) is 12.1 Å². The van der Waals surface area contributed by atoms with Crippen LogP contribution in [0.25, 0.3) is 0 Å². The Bertz CT molecular complexity index is 379. The van der Waals surface area contributed by atoms with Crippen LogP contribution >= 0.6 is 0 Å². The molecule has 0 spiro atoms. The Balaban J connectivity index is 2.75. The van der Waals surface area contributed by atoms with Gasteiger partial charge in [-0.05, 0) is 18.7 Å². The summed E-state index contributed by atoms with van der Waals surface area (Å²) in [7, 11) is 0. The molecule has 5 heteroatoms. The number of aromatic carboxylic acids is 1. The summed E-state index contributed by atoms with van der Waals surface area (Å²) in [6, 6.07) is 4.85. The number of aldehydes is 1. The molecule has 0 aliphatic heterocycles. The summed E-state index contributed by atoms with van der Waals surface area (Å²) in [5.74, 6) is -1.04. The molecule has 0 amide bonds. The van der Waals surface area contributed by atoms with Crippen molar-refractivity contribution < 1.29 is 14.7 Å². The molecule has 16 heavy (non-hydrogen) atoms. The van der Waals surface area contributed by atoms with Gasteiger partial charge in [0.2, 0.25) is 0 Å². The maximum atomic E-state index is 10.7. The summed E-state index contributed by atoms with van der Waals surface area (Å²) in [5.41, 5.74) is 0.684. The number of carbonyl (C=O) groups excluding carboxylic acids is 1. The van der Waals surface area contributed by atoms with Crippen molar-refractivity contribution in [1.29, 1.82) is 0 Å². The highest BCUT2D eigenvalue weighted by molar-refractivity contribution is 5.85. The van der Waals surface area contributed by atoms with Crippen molar-refractivity contribution in [3.63, 3.8) is 0 Å². The quantitative estimate of drug-likeness (QED) is 0.721. The van der Waals surface area contributed by atoms with Crippen LogP contribution in [-0.2, 0) is 11.3 Å². The van der Waals surface area contributed by atoms with Crippen LogP contribution in [0.4, 0.5) is 0 Å². The standard InChI is InChI=1S/C11H14N2O3/c1-2-13(6-7-14)8-9-4-3-5-10(12-9)11(15)16/h3-5,7H,2,6,8H2,1H3,(H,15,16). The zero-order valence-corrected chi connectivity index (χ0v) is 9.09. The van der Waals surface area contributed by atoms with Crippen molar-refractivity contribution in [1.82, 2.24) is 9.88 Å². The minimum Gasteiger partial charge on any atom is -0.477 e. The van der Waals surface area contributed by atoms with Gasteiger partial charge in [-0.1, -0.05) is 13.0 Å². The first-order chi connectivity index (χ1) is 7.67. The Morgan fingerprint density at radius 1 is 1.56 bits per heavy atom. The van der Waals surface area contributed by atoms with Crippen LogP contribution in [0.3, 0.4) is 0 Å². The van der Waals surface area contributed by atoms with E-state index in [1.807, 2.05) is 11.8 Å². The van der Waals surface area contributed by atoms with E-state index in [1.165, 1.54) is 6.07 Å². The molecule has 0 saturated carbocycles. The van der Waals surface area contributed by atoms with Crippen molar-refractivity contribution in [2.24, 2.45) is 0 Å². The molecule has 1 rings (SSSR count). The van der Waals surface area contributed by atoms with Gasteiger partial charge in [0.1, 0.15) is 12.0 Å². The van der Waals surface area contributed by atoms with Crippen molar-refractivity contribution in [2.45, 2.75) is 13.5 Å². The van der Waals surface area contributed by atoms with Crippen LogP contribution < -0.4 is 0 Å². The van der Waals surface area contributed by atoms with Gasteiger partial charge in [0.15, 0.2) is 0 Å². The minimum absolute atomic E-state index is 0.0275. The van der Waals surface area contributed by atoms with Gasteiger partial charge in [0, 0.05) is 6.54 Å². The van der Waals surface area contributed by atoms with E-state index in [0.29, 0.717) is 18.8 Å². The Hall–Kier alpha value is -1.75. The van der Waals surface area contributed by atoms with Crippen LogP contribution in [0.15, 0.2) is 18.2 Å². The highest BCUT2D eigenvalue weighted by atomic mass is 16.4. The van der Waals surface area contributed by atoms with Crippen molar-refractivity contribution >= 4 is 12.3 Å². The number of aromatic nitrogens is 1. The first kappa shape index (κ1) is 12.3. The van der Waals surface area contributed by atoms with Gasteiger partial charge in [0.25, 0.3) is 0 Å². The highest BCUT2D eigenvalue weighted by Crippen LogP contribution is 2.03. The first-order valence-corrected chi connectivity index (χ1v) is 5.02. The molecular weight excluding hydrogens is 208 g/mol. The Labute approximate surface area is 93.7 Å². The van der Waals surface area contributed by atoms with Gasteiger partial charge in [-0.2, -0.15) is 0 Å². The fourth-order valence-electron chi connectivity index (χ4n) is 1.33. The lowest BCUT2D eigenvalue weighted by molar-refractivity contribution is -0.108. The maximum Gasteiger partial charge on any atom is 0.354 e. The Morgan fingerprint density at radius 2 is 2.31 bits per heavy atom. The number of carboxylic acids is 1. The van der Waals surface area contributed by atoms with Crippen LogP contribution in [0.5, 0.6) is 0 Å². The average molecular weight is 222 g/mol. The second-order valence-corrected chi connectivity index (χ2v) is 3.31. The van der Waals surface area contributed by atoms with Crippen LogP contribution in [0.1, 0.15) is 23.1 Å². The smallest absolute Gasteiger partial charge is 0.354 e. The molecular formula is C11H14N2O3. The third kappa shape index (κ3) is 3.43. The van der Waals surface area contributed by atoms with Crippen LogP contribution in [0, 0.1) is 0 Å². The minimum atomic E-state index is -1.04. The molecule has 1 N–H and O–H groups in total. The van der Waals surface area contributed by atoms with Crippen molar-refractivity contribution in [2.75, 3.05) is 13.1 Å². The second-order valence-electron chi connectivity index (χ2n) is 3.31. The third-order valence-corrected chi connectivity index (χ3v) is 2.19. The van der Waals surface area contributed by atoms with E-state index >= 15 is 0 Å². The van der Waals surface area contributed by atoms with Crippen LogP contribution in [0.2, 0.25) is 0 Å². The SMILES string of the molecule is CCN(CC=O)Cc1cccc(C(=O)O)n1. The van der Waals surface area contributed by atoms with Crippen molar-refractivity contribution in [3.8, 4) is 0 Å². The topological polar surface area (TPSA) is 70.5 Å². The van der Waals surface area contributed by atoms with E-state index in [4.69, 9.17) is 5.11 Å². The summed E-state index contributed by atoms with van der Waals surface area (Å²) >= 11 is 0. The van der Waals surface area contributed by atoms with Crippen LogP contribution in [-0.4, -0.2) is 40.3 Å². The lowest BCUT2D eigenvalue weighted by Crippen LogP contribution is -2.25. The van der Waals surface area contributed by atoms with Gasteiger partial charge in [-0.15, -0.1) is 0 Å². The Morgan fingerprint density at radius 3 is 2.88 bits per heavy atom. The molecule has 86 valence electrons. The molecule has 0 fully saturated rings. The lowest BCUT2D eigenvalue weighted by atomic mass is 10.3. The lowest BCUT2D eigenvalue weighted by Gasteiger charge is -2.16.